The summed E-state index contributed by atoms with van der Waals surface area (Å²) < 4.78 is 5.44. The van der Waals surface area contributed by atoms with Crippen LogP contribution in [0.5, 0.6) is 0 Å². The second-order valence-corrected chi connectivity index (χ2v) is 4.66. The van der Waals surface area contributed by atoms with E-state index in [1.54, 1.807) is 18.2 Å². The summed E-state index contributed by atoms with van der Waals surface area (Å²) in [5.74, 6) is -0.902. The molecule has 0 amide bonds. The van der Waals surface area contributed by atoms with Gasteiger partial charge in [-0.15, -0.1) is 0 Å². The largest absolute Gasteiger partial charge is 0.478 e. The first kappa shape index (κ1) is 11.9. The molecule has 0 saturated carbocycles. The van der Waals surface area contributed by atoms with Crippen molar-refractivity contribution in [1.29, 1.82) is 0 Å². The maximum atomic E-state index is 11.0. The van der Waals surface area contributed by atoms with E-state index in [1.165, 1.54) is 5.56 Å². The van der Waals surface area contributed by atoms with Gasteiger partial charge in [0.25, 0.3) is 0 Å². The van der Waals surface area contributed by atoms with E-state index in [-0.39, 0.29) is 6.10 Å². The summed E-state index contributed by atoms with van der Waals surface area (Å²) in [5.41, 5.74) is 3.43. The summed E-state index contributed by atoms with van der Waals surface area (Å²) in [6, 6.07) is 15.1. The molecule has 1 aliphatic heterocycles. The Kier molecular flexibility index (Phi) is 3.05. The average molecular weight is 254 g/mol. The second-order valence-electron chi connectivity index (χ2n) is 4.66. The Hall–Kier alpha value is -2.13. The molecule has 19 heavy (non-hydrogen) atoms. The van der Waals surface area contributed by atoms with Crippen LogP contribution in [0.15, 0.2) is 48.5 Å². The molecule has 1 N–H and O–H groups in total. The Bertz CT molecular complexity index is 598. The first-order valence-corrected chi connectivity index (χ1v) is 6.29. The molecule has 1 fully saturated rings. The third-order valence-corrected chi connectivity index (χ3v) is 3.42. The van der Waals surface area contributed by atoms with Crippen molar-refractivity contribution >= 4 is 5.97 Å². The Labute approximate surface area is 111 Å². The summed E-state index contributed by atoms with van der Waals surface area (Å²) in [7, 11) is 0. The quantitative estimate of drug-likeness (QED) is 0.911. The van der Waals surface area contributed by atoms with Gasteiger partial charge in [0.2, 0.25) is 0 Å². The third kappa shape index (κ3) is 2.37. The van der Waals surface area contributed by atoms with Crippen LogP contribution < -0.4 is 0 Å². The first-order valence-electron chi connectivity index (χ1n) is 6.29. The summed E-state index contributed by atoms with van der Waals surface area (Å²) in [6.45, 7) is 0.840. The van der Waals surface area contributed by atoms with Gasteiger partial charge in [-0.25, -0.2) is 4.79 Å². The number of aromatic carboxylic acids is 1. The van der Waals surface area contributed by atoms with Crippen LogP contribution in [0.4, 0.5) is 0 Å². The number of ether oxygens (including phenoxy) is 1. The number of hydrogen-bond donors (Lipinski definition) is 1. The van der Waals surface area contributed by atoms with E-state index in [0.717, 1.165) is 24.2 Å². The smallest absolute Gasteiger partial charge is 0.335 e. The zero-order chi connectivity index (χ0) is 13.2. The highest BCUT2D eigenvalue weighted by atomic mass is 16.5. The fraction of sp³-hybridized carbons (Fsp3) is 0.188. The monoisotopic (exact) mass is 254 g/mol. The molecule has 2 aromatic carbocycles. The summed E-state index contributed by atoms with van der Waals surface area (Å²) in [6.07, 6.45) is 1.31. The van der Waals surface area contributed by atoms with E-state index >= 15 is 0 Å². The normalized spacial score (nSPS) is 17.8. The van der Waals surface area contributed by atoms with Crippen molar-refractivity contribution in [3.05, 3.63) is 59.7 Å². The second kappa shape index (κ2) is 4.86. The molecule has 96 valence electrons. The van der Waals surface area contributed by atoms with Crippen LogP contribution >= 0.6 is 0 Å². The lowest BCUT2D eigenvalue weighted by atomic mass is 9.98. The molecule has 1 saturated heterocycles. The van der Waals surface area contributed by atoms with Crippen molar-refractivity contribution in [2.45, 2.75) is 12.5 Å². The van der Waals surface area contributed by atoms with Crippen molar-refractivity contribution in [2.75, 3.05) is 6.61 Å². The first-order chi connectivity index (χ1) is 9.24. The topological polar surface area (TPSA) is 46.5 Å². The molecular formula is C16H14O3. The van der Waals surface area contributed by atoms with Crippen LogP contribution in [0.2, 0.25) is 0 Å². The fourth-order valence-electron chi connectivity index (χ4n) is 2.22. The standard InChI is InChI=1S/C16H14O3/c17-16(18)14-3-1-2-13(10-14)11-4-6-12(7-5-11)15-8-9-19-15/h1-7,10,15H,8-9H2,(H,17,18). The molecule has 3 rings (SSSR count). The van der Waals surface area contributed by atoms with E-state index < -0.39 is 5.97 Å². The molecule has 1 atom stereocenters. The molecule has 1 unspecified atom stereocenters. The Morgan fingerprint density at radius 1 is 1.11 bits per heavy atom. The minimum Gasteiger partial charge on any atom is -0.478 e. The van der Waals surface area contributed by atoms with E-state index in [9.17, 15) is 4.79 Å². The number of carboxylic acids is 1. The molecule has 0 bridgehead atoms. The van der Waals surface area contributed by atoms with E-state index in [4.69, 9.17) is 9.84 Å². The van der Waals surface area contributed by atoms with Crippen molar-refractivity contribution < 1.29 is 14.6 Å². The zero-order valence-electron chi connectivity index (χ0n) is 10.4. The van der Waals surface area contributed by atoms with Gasteiger partial charge in [-0.05, 0) is 28.8 Å². The number of rotatable bonds is 3. The van der Waals surface area contributed by atoms with Gasteiger partial charge in [0.1, 0.15) is 0 Å². The summed E-state index contributed by atoms with van der Waals surface area (Å²) in [4.78, 5) is 11.0. The lowest BCUT2D eigenvalue weighted by Gasteiger charge is -2.26. The predicted octanol–water partition coefficient (Wildman–Crippen LogP) is 3.51. The van der Waals surface area contributed by atoms with E-state index in [1.807, 2.05) is 30.3 Å². The Morgan fingerprint density at radius 3 is 2.42 bits per heavy atom. The van der Waals surface area contributed by atoms with Gasteiger partial charge in [-0.1, -0.05) is 36.4 Å². The van der Waals surface area contributed by atoms with Crippen molar-refractivity contribution in [2.24, 2.45) is 0 Å². The lowest BCUT2D eigenvalue weighted by molar-refractivity contribution is -0.0527. The van der Waals surface area contributed by atoms with Gasteiger partial charge >= 0.3 is 5.97 Å². The van der Waals surface area contributed by atoms with E-state index in [2.05, 4.69) is 0 Å². The Morgan fingerprint density at radius 2 is 1.84 bits per heavy atom. The maximum absolute atomic E-state index is 11.0. The molecular weight excluding hydrogens is 240 g/mol. The number of benzene rings is 2. The number of hydrogen-bond acceptors (Lipinski definition) is 2. The average Bonchev–Trinajstić information content (AvgIpc) is 2.38. The van der Waals surface area contributed by atoms with Crippen LogP contribution in [0.3, 0.4) is 0 Å². The molecule has 2 aromatic rings. The molecule has 0 spiro atoms. The SMILES string of the molecule is O=C(O)c1cccc(-c2ccc(C3CCO3)cc2)c1. The Balaban J connectivity index is 1.89. The minimum atomic E-state index is -0.902. The number of carbonyl (C=O) groups is 1. The van der Waals surface area contributed by atoms with Crippen LogP contribution in [-0.4, -0.2) is 17.7 Å². The van der Waals surface area contributed by atoms with Crippen molar-refractivity contribution in [3.63, 3.8) is 0 Å². The molecule has 0 aromatic heterocycles. The fourth-order valence-corrected chi connectivity index (χ4v) is 2.22. The number of carboxylic acid groups (broad SMARTS) is 1. The third-order valence-electron chi connectivity index (χ3n) is 3.42. The van der Waals surface area contributed by atoms with Crippen molar-refractivity contribution in [1.82, 2.24) is 0 Å². The van der Waals surface area contributed by atoms with Crippen molar-refractivity contribution in [3.8, 4) is 11.1 Å². The highest BCUT2D eigenvalue weighted by Gasteiger charge is 2.19. The predicted molar refractivity (Wildman–Crippen MR) is 72.1 cm³/mol. The molecule has 0 radical (unpaired) electrons. The van der Waals surface area contributed by atoms with Crippen LogP contribution in [0.25, 0.3) is 11.1 Å². The molecule has 0 aliphatic carbocycles. The van der Waals surface area contributed by atoms with Gasteiger partial charge in [0, 0.05) is 6.42 Å². The summed E-state index contributed by atoms with van der Waals surface area (Å²) in [5, 5.41) is 9.00. The maximum Gasteiger partial charge on any atom is 0.335 e. The highest BCUT2D eigenvalue weighted by Crippen LogP contribution is 2.30. The highest BCUT2D eigenvalue weighted by molar-refractivity contribution is 5.89. The van der Waals surface area contributed by atoms with Crippen LogP contribution in [0, 0.1) is 0 Å². The van der Waals surface area contributed by atoms with Crippen LogP contribution in [-0.2, 0) is 4.74 Å². The molecule has 3 nitrogen and oxygen atoms in total. The molecule has 3 heteroatoms. The van der Waals surface area contributed by atoms with Gasteiger partial charge in [0.05, 0.1) is 18.3 Å². The molecule has 1 aliphatic rings. The zero-order valence-corrected chi connectivity index (χ0v) is 10.4. The molecule has 1 heterocycles. The van der Waals surface area contributed by atoms with Crippen LogP contribution in [0.1, 0.15) is 28.4 Å². The van der Waals surface area contributed by atoms with Gasteiger partial charge in [-0.3, -0.25) is 0 Å². The van der Waals surface area contributed by atoms with E-state index in [0.29, 0.717) is 5.56 Å². The summed E-state index contributed by atoms with van der Waals surface area (Å²) >= 11 is 0. The van der Waals surface area contributed by atoms with Gasteiger partial charge < -0.3 is 9.84 Å². The van der Waals surface area contributed by atoms with Gasteiger partial charge in [-0.2, -0.15) is 0 Å². The minimum absolute atomic E-state index is 0.236. The lowest BCUT2D eigenvalue weighted by Crippen LogP contribution is -2.17. The van der Waals surface area contributed by atoms with Gasteiger partial charge in [0.15, 0.2) is 0 Å².